The Hall–Kier alpha value is -4.23. The minimum atomic E-state index is -0.151. The summed E-state index contributed by atoms with van der Waals surface area (Å²) in [6, 6.07) is 22.1. The number of phenols is 1. The van der Waals surface area contributed by atoms with Gasteiger partial charge in [-0.2, -0.15) is 5.10 Å². The van der Waals surface area contributed by atoms with E-state index in [0.717, 1.165) is 16.8 Å². The standard InChI is InChI=1S/C26H22N4O2S/c1-2-7-19-10-6-11-21(24(19)31)16-27-30-26-29-23(17-33-26)18-12-14-22(15-13-18)28-25(32)20-8-4-3-5-9-20/h2-6,8-17,31H,1,7H2,(H,28,32)(H,29,30)/b27-16+. The Morgan fingerprint density at radius 3 is 2.61 bits per heavy atom. The molecule has 4 rings (SSSR count). The van der Waals surface area contributed by atoms with Crippen LogP contribution >= 0.6 is 11.3 Å². The molecule has 1 aromatic heterocycles. The molecule has 0 saturated heterocycles. The average molecular weight is 455 g/mol. The summed E-state index contributed by atoms with van der Waals surface area (Å²) in [5.74, 6) is 0.0460. The molecular formula is C26H22N4O2S. The van der Waals surface area contributed by atoms with Gasteiger partial charge >= 0.3 is 0 Å². The maximum atomic E-state index is 12.3. The normalized spacial score (nSPS) is 10.8. The van der Waals surface area contributed by atoms with Crippen molar-refractivity contribution in [3.8, 4) is 17.0 Å². The SMILES string of the molecule is C=CCc1cccc(/C=N/Nc2nc(-c3ccc(NC(=O)c4ccccc4)cc3)cs2)c1O. The number of carbonyl (C=O) groups excluding carboxylic acids is 1. The molecule has 0 aliphatic carbocycles. The van der Waals surface area contributed by atoms with Gasteiger partial charge in [0.25, 0.3) is 5.91 Å². The third kappa shape index (κ3) is 5.53. The number of thiazole rings is 1. The lowest BCUT2D eigenvalue weighted by molar-refractivity contribution is 0.102. The highest BCUT2D eigenvalue weighted by Gasteiger charge is 2.08. The maximum absolute atomic E-state index is 12.3. The fourth-order valence-electron chi connectivity index (χ4n) is 3.17. The van der Waals surface area contributed by atoms with Crippen LogP contribution in [-0.4, -0.2) is 22.2 Å². The number of allylic oxidation sites excluding steroid dienone is 1. The summed E-state index contributed by atoms with van der Waals surface area (Å²) in [5.41, 5.74) is 7.37. The molecule has 7 heteroatoms. The van der Waals surface area contributed by atoms with E-state index in [-0.39, 0.29) is 11.7 Å². The van der Waals surface area contributed by atoms with Gasteiger partial charge in [-0.15, -0.1) is 17.9 Å². The second-order valence-corrected chi connectivity index (χ2v) is 8.01. The number of rotatable bonds is 8. The van der Waals surface area contributed by atoms with Gasteiger partial charge in [0.2, 0.25) is 5.13 Å². The predicted octanol–water partition coefficient (Wildman–Crippen LogP) is 5.94. The Bertz CT molecular complexity index is 1280. The summed E-state index contributed by atoms with van der Waals surface area (Å²) in [6.45, 7) is 3.70. The molecule has 0 aliphatic rings. The number of aromatic hydroxyl groups is 1. The molecule has 4 aromatic rings. The second-order valence-electron chi connectivity index (χ2n) is 7.15. The predicted molar refractivity (Wildman–Crippen MR) is 135 cm³/mol. The van der Waals surface area contributed by atoms with Gasteiger partial charge < -0.3 is 10.4 Å². The quantitative estimate of drug-likeness (QED) is 0.175. The molecule has 0 unspecified atom stereocenters. The minimum absolute atomic E-state index is 0.151. The van der Waals surface area contributed by atoms with E-state index < -0.39 is 0 Å². The molecule has 0 atom stereocenters. The van der Waals surface area contributed by atoms with Gasteiger partial charge in [-0.05, 0) is 42.3 Å². The number of hydrogen-bond donors (Lipinski definition) is 3. The minimum Gasteiger partial charge on any atom is -0.507 e. The van der Waals surface area contributed by atoms with Gasteiger partial charge in [-0.1, -0.05) is 48.5 Å². The zero-order chi connectivity index (χ0) is 23.0. The molecule has 33 heavy (non-hydrogen) atoms. The van der Waals surface area contributed by atoms with Gasteiger partial charge in [0.15, 0.2) is 0 Å². The Balaban J connectivity index is 1.38. The summed E-state index contributed by atoms with van der Waals surface area (Å²) in [6.07, 6.45) is 3.90. The Kier molecular flexibility index (Phi) is 6.92. The van der Waals surface area contributed by atoms with Crippen LogP contribution in [-0.2, 0) is 6.42 Å². The number of hydrazone groups is 1. The van der Waals surface area contributed by atoms with Crippen LogP contribution in [0.2, 0.25) is 0 Å². The van der Waals surface area contributed by atoms with Crippen LogP contribution in [0.5, 0.6) is 5.75 Å². The largest absolute Gasteiger partial charge is 0.507 e. The second kappa shape index (κ2) is 10.4. The van der Waals surface area contributed by atoms with Crippen molar-refractivity contribution in [3.05, 3.63) is 108 Å². The zero-order valence-corrected chi connectivity index (χ0v) is 18.5. The van der Waals surface area contributed by atoms with Crippen molar-refractivity contribution in [1.29, 1.82) is 0 Å². The maximum Gasteiger partial charge on any atom is 0.255 e. The summed E-state index contributed by atoms with van der Waals surface area (Å²) < 4.78 is 0. The van der Waals surface area contributed by atoms with Gasteiger partial charge in [0, 0.05) is 27.8 Å². The Morgan fingerprint density at radius 2 is 1.85 bits per heavy atom. The van der Waals surface area contributed by atoms with Crippen molar-refractivity contribution in [2.24, 2.45) is 5.10 Å². The lowest BCUT2D eigenvalue weighted by atomic mass is 10.1. The highest BCUT2D eigenvalue weighted by atomic mass is 32.1. The lowest BCUT2D eigenvalue weighted by Crippen LogP contribution is -2.11. The highest BCUT2D eigenvalue weighted by Crippen LogP contribution is 2.26. The average Bonchev–Trinajstić information content (AvgIpc) is 3.31. The number of amides is 1. The van der Waals surface area contributed by atoms with Crippen LogP contribution in [0.1, 0.15) is 21.5 Å². The number of nitrogens with zero attached hydrogens (tertiary/aromatic N) is 2. The number of nitrogens with one attached hydrogen (secondary N) is 2. The number of benzene rings is 3. The molecule has 0 bridgehead atoms. The van der Waals surface area contributed by atoms with E-state index in [0.29, 0.717) is 28.4 Å². The monoisotopic (exact) mass is 454 g/mol. The van der Waals surface area contributed by atoms with E-state index in [1.165, 1.54) is 11.3 Å². The van der Waals surface area contributed by atoms with Crippen LogP contribution in [0.15, 0.2) is 95.9 Å². The molecule has 164 valence electrons. The summed E-state index contributed by atoms with van der Waals surface area (Å²) in [5, 5.41) is 19.9. The van der Waals surface area contributed by atoms with Crippen LogP contribution in [0.25, 0.3) is 11.3 Å². The molecular weight excluding hydrogens is 432 g/mol. The van der Waals surface area contributed by atoms with E-state index in [1.807, 2.05) is 60.0 Å². The first-order chi connectivity index (χ1) is 16.1. The van der Waals surface area contributed by atoms with Crippen molar-refractivity contribution >= 4 is 34.3 Å². The van der Waals surface area contributed by atoms with Gasteiger partial charge in [0.1, 0.15) is 5.75 Å². The molecule has 1 amide bonds. The van der Waals surface area contributed by atoms with E-state index >= 15 is 0 Å². The van der Waals surface area contributed by atoms with Crippen LogP contribution in [0.3, 0.4) is 0 Å². The fourth-order valence-corrected chi connectivity index (χ4v) is 3.84. The van der Waals surface area contributed by atoms with Gasteiger partial charge in [0.05, 0.1) is 11.9 Å². The van der Waals surface area contributed by atoms with Crippen molar-refractivity contribution in [2.75, 3.05) is 10.7 Å². The van der Waals surface area contributed by atoms with Crippen LogP contribution in [0, 0.1) is 0 Å². The van der Waals surface area contributed by atoms with Crippen LogP contribution in [0.4, 0.5) is 10.8 Å². The molecule has 0 fully saturated rings. The zero-order valence-electron chi connectivity index (χ0n) is 17.7. The van der Waals surface area contributed by atoms with E-state index in [4.69, 9.17) is 0 Å². The number of phenolic OH excluding ortho intramolecular Hbond substituents is 1. The summed E-state index contributed by atoms with van der Waals surface area (Å²) in [7, 11) is 0. The third-order valence-electron chi connectivity index (χ3n) is 4.86. The van der Waals surface area contributed by atoms with Gasteiger partial charge in [-0.3, -0.25) is 10.2 Å². The Labute approximate surface area is 196 Å². The van der Waals surface area contributed by atoms with E-state index in [9.17, 15) is 9.90 Å². The number of carbonyl (C=O) groups is 1. The molecule has 3 N–H and O–H groups in total. The first-order valence-electron chi connectivity index (χ1n) is 10.3. The molecule has 0 aliphatic heterocycles. The first-order valence-corrected chi connectivity index (χ1v) is 11.1. The lowest BCUT2D eigenvalue weighted by Gasteiger charge is -2.06. The van der Waals surface area contributed by atoms with Crippen LogP contribution < -0.4 is 10.7 Å². The number of para-hydroxylation sites is 1. The van der Waals surface area contributed by atoms with E-state index in [1.54, 1.807) is 30.5 Å². The molecule has 0 radical (unpaired) electrons. The highest BCUT2D eigenvalue weighted by molar-refractivity contribution is 7.14. The molecule has 3 aromatic carbocycles. The Morgan fingerprint density at radius 1 is 1.06 bits per heavy atom. The summed E-state index contributed by atoms with van der Waals surface area (Å²) >= 11 is 1.43. The fraction of sp³-hybridized carbons (Fsp3) is 0.0385. The topological polar surface area (TPSA) is 86.6 Å². The smallest absolute Gasteiger partial charge is 0.255 e. The molecule has 6 nitrogen and oxygen atoms in total. The third-order valence-corrected chi connectivity index (χ3v) is 5.60. The van der Waals surface area contributed by atoms with Crippen molar-refractivity contribution in [2.45, 2.75) is 6.42 Å². The van der Waals surface area contributed by atoms with E-state index in [2.05, 4.69) is 27.4 Å². The van der Waals surface area contributed by atoms with Crippen molar-refractivity contribution < 1.29 is 9.90 Å². The van der Waals surface area contributed by atoms with Gasteiger partial charge in [-0.25, -0.2) is 4.98 Å². The molecule has 1 heterocycles. The molecule has 0 spiro atoms. The first kappa shape index (κ1) is 22.0. The van der Waals surface area contributed by atoms with Crippen molar-refractivity contribution in [3.63, 3.8) is 0 Å². The number of hydrogen-bond acceptors (Lipinski definition) is 6. The van der Waals surface area contributed by atoms with Crippen molar-refractivity contribution in [1.82, 2.24) is 4.98 Å². The summed E-state index contributed by atoms with van der Waals surface area (Å²) in [4.78, 5) is 16.8. The number of aromatic nitrogens is 1. The molecule has 0 saturated carbocycles. The number of anilines is 2.